The Labute approximate surface area is 132 Å². The minimum absolute atomic E-state index is 0.0562. The number of thiophene rings is 1. The standard InChI is InChI=1S/C16H16N2O3S/c1-11(19)12-4-2-5-13(10-12)18-15(20)7-8-17-16(21)14-6-3-9-22-14/h2-6,9-10H,7-8H2,1H3,(H,17,21)(H,18,20). The number of amides is 2. The summed E-state index contributed by atoms with van der Waals surface area (Å²) in [6, 6.07) is 10.3. The highest BCUT2D eigenvalue weighted by molar-refractivity contribution is 7.12. The molecule has 6 heteroatoms. The molecular formula is C16H16N2O3S. The van der Waals surface area contributed by atoms with E-state index in [0.717, 1.165) is 0 Å². The van der Waals surface area contributed by atoms with Gasteiger partial charge in [-0.3, -0.25) is 14.4 Å². The fraction of sp³-hybridized carbons (Fsp3) is 0.188. The third-order valence-corrected chi connectivity index (χ3v) is 3.80. The highest BCUT2D eigenvalue weighted by Gasteiger charge is 2.08. The van der Waals surface area contributed by atoms with Crippen LogP contribution in [0.4, 0.5) is 5.69 Å². The first-order valence-corrected chi connectivity index (χ1v) is 7.67. The third-order valence-electron chi connectivity index (χ3n) is 2.94. The summed E-state index contributed by atoms with van der Waals surface area (Å²) in [5, 5.41) is 7.22. The molecule has 0 aliphatic carbocycles. The van der Waals surface area contributed by atoms with Gasteiger partial charge in [-0.2, -0.15) is 0 Å². The monoisotopic (exact) mass is 316 g/mol. The minimum Gasteiger partial charge on any atom is -0.351 e. The molecule has 1 heterocycles. The van der Waals surface area contributed by atoms with Crippen LogP contribution in [-0.4, -0.2) is 24.1 Å². The molecule has 0 saturated heterocycles. The summed E-state index contributed by atoms with van der Waals surface area (Å²) < 4.78 is 0. The van der Waals surface area contributed by atoms with Crippen LogP contribution in [0, 0.1) is 0 Å². The molecule has 2 rings (SSSR count). The summed E-state index contributed by atoms with van der Waals surface area (Å²) in [5.41, 5.74) is 1.12. The van der Waals surface area contributed by atoms with Crippen molar-refractivity contribution in [1.82, 2.24) is 5.32 Å². The van der Waals surface area contributed by atoms with Crippen LogP contribution < -0.4 is 10.6 Å². The number of ketones is 1. The maximum absolute atomic E-state index is 11.8. The Balaban J connectivity index is 1.79. The second kappa shape index (κ2) is 7.51. The van der Waals surface area contributed by atoms with Gasteiger partial charge in [-0.25, -0.2) is 0 Å². The van der Waals surface area contributed by atoms with E-state index in [1.165, 1.54) is 18.3 Å². The number of nitrogens with one attached hydrogen (secondary N) is 2. The van der Waals surface area contributed by atoms with Gasteiger partial charge in [0.15, 0.2) is 5.78 Å². The average molecular weight is 316 g/mol. The predicted octanol–water partition coefficient (Wildman–Crippen LogP) is 2.71. The van der Waals surface area contributed by atoms with Gasteiger partial charge in [0.05, 0.1) is 4.88 Å². The zero-order valence-corrected chi connectivity index (χ0v) is 12.9. The van der Waals surface area contributed by atoms with E-state index in [0.29, 0.717) is 16.1 Å². The Kier molecular flexibility index (Phi) is 5.43. The summed E-state index contributed by atoms with van der Waals surface area (Å²) in [7, 11) is 0. The van der Waals surface area contributed by atoms with Gasteiger partial charge in [0.1, 0.15) is 0 Å². The van der Waals surface area contributed by atoms with Gasteiger partial charge in [0, 0.05) is 24.2 Å². The molecule has 0 spiro atoms. The van der Waals surface area contributed by atoms with Gasteiger partial charge in [-0.15, -0.1) is 11.3 Å². The van der Waals surface area contributed by atoms with Gasteiger partial charge >= 0.3 is 0 Å². The zero-order chi connectivity index (χ0) is 15.9. The Morgan fingerprint density at radius 1 is 1.14 bits per heavy atom. The van der Waals surface area contributed by atoms with E-state index >= 15 is 0 Å². The summed E-state index contributed by atoms with van der Waals surface area (Å²) in [4.78, 5) is 35.4. The first-order valence-electron chi connectivity index (χ1n) is 6.79. The normalized spacial score (nSPS) is 10.0. The number of anilines is 1. The quantitative estimate of drug-likeness (QED) is 0.805. The molecule has 2 amide bonds. The lowest BCUT2D eigenvalue weighted by Crippen LogP contribution is -2.27. The van der Waals surface area contributed by atoms with Gasteiger partial charge in [-0.05, 0) is 30.5 Å². The Morgan fingerprint density at radius 2 is 1.95 bits per heavy atom. The van der Waals surface area contributed by atoms with E-state index in [4.69, 9.17) is 0 Å². The van der Waals surface area contributed by atoms with E-state index in [1.807, 2.05) is 5.38 Å². The Morgan fingerprint density at radius 3 is 2.64 bits per heavy atom. The summed E-state index contributed by atoms with van der Waals surface area (Å²) in [6.45, 7) is 1.73. The number of benzene rings is 1. The molecule has 0 saturated carbocycles. The van der Waals surface area contributed by atoms with Crippen LogP contribution in [0.2, 0.25) is 0 Å². The van der Waals surface area contributed by atoms with Crippen molar-refractivity contribution in [3.63, 3.8) is 0 Å². The smallest absolute Gasteiger partial charge is 0.261 e. The van der Waals surface area contributed by atoms with Crippen molar-refractivity contribution in [2.45, 2.75) is 13.3 Å². The van der Waals surface area contributed by atoms with Gasteiger partial charge < -0.3 is 10.6 Å². The largest absolute Gasteiger partial charge is 0.351 e. The van der Waals surface area contributed by atoms with Crippen molar-refractivity contribution >= 4 is 34.6 Å². The summed E-state index contributed by atoms with van der Waals surface area (Å²) in [6.07, 6.45) is 0.168. The molecule has 2 aromatic rings. The van der Waals surface area contributed by atoms with E-state index < -0.39 is 0 Å². The van der Waals surface area contributed by atoms with Crippen LogP contribution in [0.3, 0.4) is 0 Å². The van der Waals surface area contributed by atoms with Gasteiger partial charge in [-0.1, -0.05) is 18.2 Å². The van der Waals surface area contributed by atoms with Crippen LogP contribution >= 0.6 is 11.3 Å². The third kappa shape index (κ3) is 4.53. The fourth-order valence-electron chi connectivity index (χ4n) is 1.82. The molecule has 0 atom stereocenters. The molecule has 1 aromatic carbocycles. The molecule has 0 unspecified atom stereocenters. The van der Waals surface area contributed by atoms with Crippen LogP contribution in [0.25, 0.3) is 0 Å². The average Bonchev–Trinajstić information content (AvgIpc) is 3.01. The zero-order valence-electron chi connectivity index (χ0n) is 12.1. The number of hydrogen-bond acceptors (Lipinski definition) is 4. The number of rotatable bonds is 6. The van der Waals surface area contributed by atoms with Gasteiger partial charge in [0.25, 0.3) is 5.91 Å². The molecule has 0 bridgehead atoms. The highest BCUT2D eigenvalue weighted by atomic mass is 32.1. The van der Waals surface area contributed by atoms with Crippen LogP contribution in [0.1, 0.15) is 33.4 Å². The second-order valence-electron chi connectivity index (χ2n) is 4.67. The minimum atomic E-state index is -0.216. The highest BCUT2D eigenvalue weighted by Crippen LogP contribution is 2.11. The van der Waals surface area contributed by atoms with Crippen molar-refractivity contribution < 1.29 is 14.4 Å². The molecule has 0 aliphatic rings. The first-order chi connectivity index (χ1) is 10.6. The summed E-state index contributed by atoms with van der Waals surface area (Å²) in [5.74, 6) is -0.451. The Hall–Kier alpha value is -2.47. The molecule has 1 aromatic heterocycles. The molecule has 0 radical (unpaired) electrons. The lowest BCUT2D eigenvalue weighted by Gasteiger charge is -2.07. The number of Topliss-reactive ketones (excluding diaryl/α,β-unsaturated/α-hetero) is 1. The molecule has 2 N–H and O–H groups in total. The van der Waals surface area contributed by atoms with Crippen molar-refractivity contribution in [3.05, 3.63) is 52.2 Å². The SMILES string of the molecule is CC(=O)c1cccc(NC(=O)CCNC(=O)c2cccs2)c1. The van der Waals surface area contributed by atoms with Crippen LogP contribution in [-0.2, 0) is 4.79 Å². The van der Waals surface area contributed by atoms with Crippen molar-refractivity contribution in [2.75, 3.05) is 11.9 Å². The lowest BCUT2D eigenvalue weighted by molar-refractivity contribution is -0.116. The number of carbonyl (C=O) groups excluding carboxylic acids is 3. The van der Waals surface area contributed by atoms with Crippen molar-refractivity contribution in [3.8, 4) is 0 Å². The summed E-state index contributed by atoms with van der Waals surface area (Å²) >= 11 is 1.35. The molecule has 22 heavy (non-hydrogen) atoms. The topological polar surface area (TPSA) is 75.3 Å². The second-order valence-corrected chi connectivity index (χ2v) is 5.62. The van der Waals surface area contributed by atoms with E-state index in [2.05, 4.69) is 10.6 Å². The predicted molar refractivity (Wildman–Crippen MR) is 86.3 cm³/mol. The number of carbonyl (C=O) groups is 3. The van der Waals surface area contributed by atoms with Crippen molar-refractivity contribution in [2.24, 2.45) is 0 Å². The first kappa shape index (κ1) is 15.9. The van der Waals surface area contributed by atoms with E-state index in [1.54, 1.807) is 36.4 Å². The molecule has 0 fully saturated rings. The molecule has 0 aliphatic heterocycles. The number of hydrogen-bond donors (Lipinski definition) is 2. The van der Waals surface area contributed by atoms with E-state index in [-0.39, 0.29) is 30.6 Å². The molecule has 114 valence electrons. The lowest BCUT2D eigenvalue weighted by atomic mass is 10.1. The molecular weight excluding hydrogens is 300 g/mol. The van der Waals surface area contributed by atoms with Crippen molar-refractivity contribution in [1.29, 1.82) is 0 Å². The Bertz CT molecular complexity index is 680. The van der Waals surface area contributed by atoms with Gasteiger partial charge in [0.2, 0.25) is 5.91 Å². The van der Waals surface area contributed by atoms with Crippen LogP contribution in [0.15, 0.2) is 41.8 Å². The maximum Gasteiger partial charge on any atom is 0.261 e. The molecule has 5 nitrogen and oxygen atoms in total. The maximum atomic E-state index is 11.8. The fourth-order valence-corrected chi connectivity index (χ4v) is 2.46. The van der Waals surface area contributed by atoms with E-state index in [9.17, 15) is 14.4 Å². The van der Waals surface area contributed by atoms with Crippen LogP contribution in [0.5, 0.6) is 0 Å².